The van der Waals surface area contributed by atoms with E-state index in [9.17, 15) is 9.59 Å². The van der Waals surface area contributed by atoms with Gasteiger partial charge >= 0.3 is 11.9 Å². The Labute approximate surface area is 103 Å². The highest BCUT2D eigenvalue weighted by atomic mass is 16.5. The molecular weight excluding hydrogens is 220 g/mol. The van der Waals surface area contributed by atoms with Gasteiger partial charge in [-0.3, -0.25) is 9.59 Å². The van der Waals surface area contributed by atoms with E-state index in [1.165, 1.54) is 0 Å². The molecule has 0 saturated heterocycles. The first-order chi connectivity index (χ1) is 7.90. The van der Waals surface area contributed by atoms with Gasteiger partial charge in [0, 0.05) is 6.42 Å². The monoisotopic (exact) mass is 244 g/mol. The Hall–Kier alpha value is -1.06. The molecule has 17 heavy (non-hydrogen) atoms. The Bertz CT molecular complexity index is 248. The molecule has 0 bridgehead atoms. The van der Waals surface area contributed by atoms with Crippen LogP contribution in [-0.2, 0) is 14.3 Å². The first-order valence-corrected chi connectivity index (χ1v) is 6.31. The molecule has 0 spiro atoms. The van der Waals surface area contributed by atoms with E-state index < -0.39 is 12.1 Å². The van der Waals surface area contributed by atoms with Crippen molar-refractivity contribution >= 4 is 11.9 Å². The lowest BCUT2D eigenvalue weighted by Crippen LogP contribution is -2.23. The molecular formula is C13H24O4. The van der Waals surface area contributed by atoms with Crippen molar-refractivity contribution < 1.29 is 19.4 Å². The molecule has 2 atom stereocenters. The van der Waals surface area contributed by atoms with Crippen molar-refractivity contribution in [2.24, 2.45) is 11.8 Å². The van der Waals surface area contributed by atoms with Gasteiger partial charge in [0.25, 0.3) is 0 Å². The maximum absolute atomic E-state index is 11.7. The third-order valence-corrected chi connectivity index (χ3v) is 3.05. The van der Waals surface area contributed by atoms with E-state index in [1.54, 1.807) is 0 Å². The van der Waals surface area contributed by atoms with E-state index in [4.69, 9.17) is 9.84 Å². The van der Waals surface area contributed by atoms with Gasteiger partial charge in [0.15, 0.2) is 0 Å². The summed E-state index contributed by atoms with van der Waals surface area (Å²) in [4.78, 5) is 22.2. The molecule has 1 N–H and O–H groups in total. The standard InChI is InChI=1S/C13H24O4/c1-5-10(9(3)4)7-13(16)17-11(6-2)8-12(14)15/h9-11H,5-8H2,1-4H3,(H,14,15). The van der Waals surface area contributed by atoms with Crippen molar-refractivity contribution in [1.82, 2.24) is 0 Å². The second-order valence-electron chi connectivity index (χ2n) is 4.73. The van der Waals surface area contributed by atoms with Crippen LogP contribution in [0.1, 0.15) is 53.4 Å². The molecule has 0 aromatic heterocycles. The predicted molar refractivity (Wildman–Crippen MR) is 65.7 cm³/mol. The van der Waals surface area contributed by atoms with Gasteiger partial charge in [-0.25, -0.2) is 0 Å². The summed E-state index contributed by atoms with van der Waals surface area (Å²) in [6.45, 7) is 8.03. The zero-order valence-corrected chi connectivity index (χ0v) is 11.2. The van der Waals surface area contributed by atoms with Crippen LogP contribution in [0.2, 0.25) is 0 Å². The Morgan fingerprint density at radius 1 is 1.12 bits per heavy atom. The fourth-order valence-electron chi connectivity index (χ4n) is 1.76. The molecule has 0 aliphatic heterocycles. The Morgan fingerprint density at radius 3 is 2.06 bits per heavy atom. The SMILES string of the molecule is CCC(CC(=O)O)OC(=O)CC(CC)C(C)C. The van der Waals surface area contributed by atoms with Crippen molar-refractivity contribution in [3.8, 4) is 0 Å². The zero-order chi connectivity index (χ0) is 13.4. The van der Waals surface area contributed by atoms with Crippen molar-refractivity contribution in [3.63, 3.8) is 0 Å². The number of carboxylic acids is 1. The van der Waals surface area contributed by atoms with Crippen LogP contribution in [0.4, 0.5) is 0 Å². The van der Waals surface area contributed by atoms with Crippen LogP contribution in [0.5, 0.6) is 0 Å². The smallest absolute Gasteiger partial charge is 0.307 e. The van der Waals surface area contributed by atoms with Crippen LogP contribution in [0.3, 0.4) is 0 Å². The number of carbonyl (C=O) groups is 2. The van der Waals surface area contributed by atoms with E-state index in [0.29, 0.717) is 24.7 Å². The molecule has 0 aliphatic carbocycles. The summed E-state index contributed by atoms with van der Waals surface area (Å²) >= 11 is 0. The maximum atomic E-state index is 11.7. The van der Waals surface area contributed by atoms with Gasteiger partial charge in [-0.15, -0.1) is 0 Å². The minimum absolute atomic E-state index is 0.110. The highest BCUT2D eigenvalue weighted by Gasteiger charge is 2.20. The third-order valence-electron chi connectivity index (χ3n) is 3.05. The Kier molecular flexibility index (Phi) is 7.59. The number of rotatable bonds is 8. The molecule has 100 valence electrons. The van der Waals surface area contributed by atoms with Gasteiger partial charge < -0.3 is 9.84 Å². The summed E-state index contributed by atoms with van der Waals surface area (Å²) < 4.78 is 5.17. The lowest BCUT2D eigenvalue weighted by atomic mass is 9.90. The number of hydrogen-bond acceptors (Lipinski definition) is 3. The van der Waals surface area contributed by atoms with Crippen LogP contribution in [0, 0.1) is 11.8 Å². The van der Waals surface area contributed by atoms with Crippen LogP contribution in [0.25, 0.3) is 0 Å². The minimum Gasteiger partial charge on any atom is -0.481 e. The molecule has 2 unspecified atom stereocenters. The van der Waals surface area contributed by atoms with E-state index >= 15 is 0 Å². The highest BCUT2D eigenvalue weighted by Crippen LogP contribution is 2.20. The third kappa shape index (κ3) is 6.97. The second-order valence-corrected chi connectivity index (χ2v) is 4.73. The molecule has 0 radical (unpaired) electrons. The van der Waals surface area contributed by atoms with Crippen molar-refractivity contribution in [3.05, 3.63) is 0 Å². The number of aliphatic carboxylic acids is 1. The topological polar surface area (TPSA) is 63.6 Å². The fourth-order valence-corrected chi connectivity index (χ4v) is 1.76. The van der Waals surface area contributed by atoms with Crippen molar-refractivity contribution in [1.29, 1.82) is 0 Å². The molecule has 0 aliphatic rings. The molecule has 0 aromatic carbocycles. The molecule has 4 heteroatoms. The van der Waals surface area contributed by atoms with Gasteiger partial charge in [-0.2, -0.15) is 0 Å². The summed E-state index contributed by atoms with van der Waals surface area (Å²) in [6.07, 6.45) is 1.24. The predicted octanol–water partition coefficient (Wildman–Crippen LogP) is 2.86. The number of carbonyl (C=O) groups excluding carboxylic acids is 1. The van der Waals surface area contributed by atoms with Gasteiger partial charge in [-0.1, -0.05) is 34.1 Å². The highest BCUT2D eigenvalue weighted by molar-refractivity contribution is 5.71. The van der Waals surface area contributed by atoms with E-state index in [-0.39, 0.29) is 12.4 Å². The van der Waals surface area contributed by atoms with Gasteiger partial charge in [-0.05, 0) is 18.3 Å². The van der Waals surface area contributed by atoms with E-state index in [1.807, 2.05) is 13.8 Å². The summed E-state index contributed by atoms with van der Waals surface area (Å²) in [6, 6.07) is 0. The molecule has 0 rings (SSSR count). The first-order valence-electron chi connectivity index (χ1n) is 6.31. The average Bonchev–Trinajstić information content (AvgIpc) is 2.23. The van der Waals surface area contributed by atoms with Gasteiger partial charge in [0.05, 0.1) is 6.42 Å². The second kappa shape index (κ2) is 8.09. The normalized spacial score (nSPS) is 14.4. The van der Waals surface area contributed by atoms with Crippen molar-refractivity contribution in [2.45, 2.75) is 59.5 Å². The van der Waals surface area contributed by atoms with Crippen molar-refractivity contribution in [2.75, 3.05) is 0 Å². The molecule has 0 saturated carbocycles. The van der Waals surface area contributed by atoms with Crippen LogP contribution in [0.15, 0.2) is 0 Å². The molecule has 0 fully saturated rings. The average molecular weight is 244 g/mol. The van der Waals surface area contributed by atoms with Crippen LogP contribution in [-0.4, -0.2) is 23.1 Å². The zero-order valence-electron chi connectivity index (χ0n) is 11.2. The largest absolute Gasteiger partial charge is 0.481 e. The van der Waals surface area contributed by atoms with Gasteiger partial charge in [0.1, 0.15) is 6.10 Å². The molecule has 0 aromatic rings. The van der Waals surface area contributed by atoms with Gasteiger partial charge in [0.2, 0.25) is 0 Å². The summed E-state index contributed by atoms with van der Waals surface area (Å²) in [7, 11) is 0. The maximum Gasteiger partial charge on any atom is 0.307 e. The first kappa shape index (κ1) is 15.9. The molecule has 0 amide bonds. The minimum atomic E-state index is -0.930. The lowest BCUT2D eigenvalue weighted by Gasteiger charge is -2.20. The summed E-state index contributed by atoms with van der Waals surface area (Å²) in [5.41, 5.74) is 0. The Balaban J connectivity index is 4.18. The fraction of sp³-hybridized carbons (Fsp3) is 0.846. The molecule has 4 nitrogen and oxygen atoms in total. The van der Waals surface area contributed by atoms with Crippen LogP contribution < -0.4 is 0 Å². The Morgan fingerprint density at radius 2 is 1.71 bits per heavy atom. The quantitative estimate of drug-likeness (QED) is 0.667. The number of carboxylic acid groups (broad SMARTS) is 1. The number of hydrogen-bond donors (Lipinski definition) is 1. The van der Waals surface area contributed by atoms with E-state index in [2.05, 4.69) is 13.8 Å². The molecule has 0 heterocycles. The summed E-state index contributed by atoms with van der Waals surface area (Å²) in [5, 5.41) is 8.65. The number of esters is 1. The lowest BCUT2D eigenvalue weighted by molar-refractivity contribution is -0.154. The van der Waals surface area contributed by atoms with Crippen LogP contribution >= 0.6 is 0 Å². The summed E-state index contributed by atoms with van der Waals surface area (Å²) in [5.74, 6) is -0.462. The van der Waals surface area contributed by atoms with E-state index in [0.717, 1.165) is 6.42 Å². The number of ether oxygens (including phenoxy) is 1.